The fourth-order valence-electron chi connectivity index (χ4n) is 1.09. The predicted octanol–water partition coefficient (Wildman–Crippen LogP) is 1.28. The van der Waals surface area contributed by atoms with Gasteiger partial charge in [-0.1, -0.05) is 13.5 Å². The molecule has 0 aromatic heterocycles. The number of hydrogen-bond donors (Lipinski definition) is 2. The van der Waals surface area contributed by atoms with Crippen LogP contribution >= 0.6 is 7.60 Å². The van der Waals surface area contributed by atoms with E-state index in [0.717, 1.165) is 0 Å². The van der Waals surface area contributed by atoms with Crippen molar-refractivity contribution < 1.29 is 28.6 Å². The quantitative estimate of drug-likeness (QED) is 0.409. The number of carbonyl (C=O) groups is 1. The lowest BCUT2D eigenvalue weighted by atomic mass is 9.89. The van der Waals surface area contributed by atoms with E-state index in [9.17, 15) is 9.36 Å². The molecule has 0 saturated heterocycles. The van der Waals surface area contributed by atoms with Gasteiger partial charge < -0.3 is 19.3 Å². The summed E-state index contributed by atoms with van der Waals surface area (Å²) >= 11 is 0. The van der Waals surface area contributed by atoms with Crippen LogP contribution in [0.15, 0.2) is 12.3 Å². The lowest BCUT2D eigenvalue weighted by Crippen LogP contribution is -2.33. The van der Waals surface area contributed by atoms with Gasteiger partial charge in [-0.05, 0) is 13.3 Å². The van der Waals surface area contributed by atoms with Gasteiger partial charge in [0.15, 0.2) is 0 Å². The summed E-state index contributed by atoms with van der Waals surface area (Å²) in [6.07, 6.45) is -0.0587. The molecule has 0 spiro atoms. The Morgan fingerprint density at radius 3 is 2.35 bits per heavy atom. The Morgan fingerprint density at radius 2 is 2.00 bits per heavy atom. The molecule has 0 amide bonds. The maximum absolute atomic E-state index is 11.5. The van der Waals surface area contributed by atoms with Gasteiger partial charge in [-0.15, -0.1) is 0 Å². The van der Waals surface area contributed by atoms with E-state index in [4.69, 9.17) is 14.5 Å². The molecule has 7 heteroatoms. The van der Waals surface area contributed by atoms with Crippen LogP contribution in [-0.4, -0.2) is 35.6 Å². The summed E-state index contributed by atoms with van der Waals surface area (Å²) in [6, 6.07) is 0. The van der Waals surface area contributed by atoms with Crippen molar-refractivity contribution in [3.05, 3.63) is 12.3 Å². The van der Waals surface area contributed by atoms with Crippen molar-refractivity contribution in [3.63, 3.8) is 0 Å². The average Bonchev–Trinajstić information content (AvgIpc) is 2.22. The van der Waals surface area contributed by atoms with Gasteiger partial charge in [0.25, 0.3) is 0 Å². The van der Waals surface area contributed by atoms with Crippen LogP contribution in [0.1, 0.15) is 20.3 Å². The van der Waals surface area contributed by atoms with Gasteiger partial charge in [-0.25, -0.2) is 0 Å². The molecule has 1 unspecified atom stereocenters. The van der Waals surface area contributed by atoms with Crippen molar-refractivity contribution in [3.8, 4) is 0 Å². The van der Waals surface area contributed by atoms with E-state index in [-0.39, 0.29) is 12.4 Å². The lowest BCUT2D eigenvalue weighted by molar-refractivity contribution is -0.154. The van der Waals surface area contributed by atoms with E-state index in [1.807, 2.05) is 0 Å². The molecule has 2 N–H and O–H groups in total. The van der Waals surface area contributed by atoms with Crippen LogP contribution in [-0.2, 0) is 18.8 Å². The third kappa shape index (κ3) is 5.86. The highest BCUT2D eigenvalue weighted by Crippen LogP contribution is 2.37. The van der Waals surface area contributed by atoms with Gasteiger partial charge in [-0.2, -0.15) is 0 Å². The molecule has 0 saturated carbocycles. The first-order chi connectivity index (χ1) is 7.64. The van der Waals surface area contributed by atoms with Crippen molar-refractivity contribution in [2.24, 2.45) is 5.41 Å². The lowest BCUT2D eigenvalue weighted by Gasteiger charge is -2.25. The zero-order valence-corrected chi connectivity index (χ0v) is 11.2. The fraction of sp³-hybridized carbons (Fsp3) is 0.700. The minimum atomic E-state index is -4.18. The summed E-state index contributed by atoms with van der Waals surface area (Å²) in [6.45, 7) is 6.83. The Balaban J connectivity index is 4.39. The first kappa shape index (κ1) is 16.2. The zero-order chi connectivity index (χ0) is 13.7. The molecule has 0 fully saturated rings. The fourth-order valence-corrected chi connectivity index (χ4v) is 1.64. The molecule has 0 aliphatic heterocycles. The molecule has 0 heterocycles. The summed E-state index contributed by atoms with van der Waals surface area (Å²) < 4.78 is 20.4. The van der Waals surface area contributed by atoms with Crippen molar-refractivity contribution in [2.75, 3.05) is 19.9 Å². The molecular weight excluding hydrogens is 247 g/mol. The Labute approximate surface area is 101 Å². The van der Waals surface area contributed by atoms with Crippen LogP contribution in [0.2, 0.25) is 0 Å². The standard InChI is InChI=1S/C10H19O6P/c1-5-10(3,9(11)15-4)7-16-8(2)6-17(12,13)14/h2,5-7H2,1,3-4H3,(H2,12,13,14). The van der Waals surface area contributed by atoms with Crippen LogP contribution in [0.25, 0.3) is 0 Å². The molecule has 0 radical (unpaired) electrons. The first-order valence-corrected chi connectivity index (χ1v) is 6.88. The minimum Gasteiger partial charge on any atom is -0.497 e. The Bertz CT molecular complexity index is 334. The molecule has 17 heavy (non-hydrogen) atoms. The van der Waals surface area contributed by atoms with Gasteiger partial charge in [0.05, 0.1) is 12.5 Å². The van der Waals surface area contributed by atoms with Crippen molar-refractivity contribution in [1.29, 1.82) is 0 Å². The van der Waals surface area contributed by atoms with Gasteiger partial charge in [0, 0.05) is 0 Å². The first-order valence-electron chi connectivity index (χ1n) is 5.08. The Morgan fingerprint density at radius 1 is 1.47 bits per heavy atom. The van der Waals surface area contributed by atoms with Gasteiger partial charge in [-0.3, -0.25) is 9.36 Å². The largest absolute Gasteiger partial charge is 0.497 e. The summed E-state index contributed by atoms with van der Waals surface area (Å²) in [5.74, 6) is -0.467. The Kier molecular flexibility index (Phi) is 5.88. The van der Waals surface area contributed by atoms with E-state index in [2.05, 4.69) is 11.3 Å². The SMILES string of the molecule is C=C(CP(=O)(O)O)OCC(C)(CC)C(=O)OC. The van der Waals surface area contributed by atoms with Crippen LogP contribution in [0.3, 0.4) is 0 Å². The van der Waals surface area contributed by atoms with Gasteiger partial charge >= 0.3 is 13.6 Å². The molecule has 0 aromatic rings. The molecule has 6 nitrogen and oxygen atoms in total. The summed E-state index contributed by atoms with van der Waals surface area (Å²) in [4.78, 5) is 28.9. The molecule has 0 bridgehead atoms. The molecule has 0 aliphatic carbocycles. The molecule has 1 atom stereocenters. The van der Waals surface area contributed by atoms with E-state index in [1.54, 1.807) is 13.8 Å². The smallest absolute Gasteiger partial charge is 0.333 e. The third-order valence-electron chi connectivity index (χ3n) is 2.44. The number of hydrogen-bond acceptors (Lipinski definition) is 4. The molecule has 0 aliphatic rings. The maximum Gasteiger partial charge on any atom is 0.333 e. The normalized spacial score (nSPS) is 14.9. The second kappa shape index (κ2) is 6.19. The summed E-state index contributed by atoms with van der Waals surface area (Å²) in [5, 5.41) is 0. The zero-order valence-electron chi connectivity index (χ0n) is 10.3. The van der Waals surface area contributed by atoms with E-state index < -0.39 is 25.1 Å². The van der Waals surface area contributed by atoms with E-state index in [1.165, 1.54) is 7.11 Å². The number of carbonyl (C=O) groups excluding carboxylic acids is 1. The van der Waals surface area contributed by atoms with Crippen LogP contribution in [0.5, 0.6) is 0 Å². The van der Waals surface area contributed by atoms with Gasteiger partial charge in [0.1, 0.15) is 18.5 Å². The van der Waals surface area contributed by atoms with E-state index >= 15 is 0 Å². The van der Waals surface area contributed by atoms with Crippen molar-refractivity contribution in [1.82, 2.24) is 0 Å². The predicted molar refractivity (Wildman–Crippen MR) is 62.4 cm³/mol. The highest BCUT2D eigenvalue weighted by atomic mass is 31.2. The summed E-state index contributed by atoms with van der Waals surface area (Å²) in [7, 11) is -2.91. The second-order valence-electron chi connectivity index (χ2n) is 4.06. The Hall–Kier alpha value is -0.840. The molecule has 100 valence electrons. The number of ether oxygens (including phenoxy) is 2. The average molecular weight is 266 g/mol. The topological polar surface area (TPSA) is 93.1 Å². The monoisotopic (exact) mass is 266 g/mol. The molecule has 0 rings (SSSR count). The minimum absolute atomic E-state index is 0.0188. The molecule has 0 aromatic carbocycles. The van der Waals surface area contributed by atoms with E-state index in [0.29, 0.717) is 6.42 Å². The van der Waals surface area contributed by atoms with Crippen molar-refractivity contribution >= 4 is 13.6 Å². The highest BCUT2D eigenvalue weighted by molar-refractivity contribution is 7.52. The second-order valence-corrected chi connectivity index (χ2v) is 5.70. The molecular formula is C10H19O6P. The number of allylic oxidation sites excluding steroid dienone is 1. The number of rotatable bonds is 7. The number of methoxy groups -OCH3 is 1. The van der Waals surface area contributed by atoms with Crippen molar-refractivity contribution in [2.45, 2.75) is 20.3 Å². The summed E-state index contributed by atoms with van der Waals surface area (Å²) in [5.41, 5.74) is -0.841. The van der Waals surface area contributed by atoms with Crippen LogP contribution < -0.4 is 0 Å². The van der Waals surface area contributed by atoms with Crippen LogP contribution in [0, 0.1) is 5.41 Å². The van der Waals surface area contributed by atoms with Gasteiger partial charge in [0.2, 0.25) is 0 Å². The highest BCUT2D eigenvalue weighted by Gasteiger charge is 2.34. The number of esters is 1. The van der Waals surface area contributed by atoms with Crippen LogP contribution in [0.4, 0.5) is 0 Å². The maximum atomic E-state index is 11.5. The third-order valence-corrected chi connectivity index (χ3v) is 3.20.